The third kappa shape index (κ3) is 4.26. The molecule has 0 aliphatic carbocycles. The molecule has 0 amide bonds. The van der Waals surface area contributed by atoms with E-state index in [-0.39, 0.29) is 0 Å². The SMILES string of the molecule is CCCCc1ccc(Oc2ccc(CCl)cc2Br)cc1. The molecule has 0 saturated heterocycles. The van der Waals surface area contributed by atoms with Crippen molar-refractivity contribution in [3.8, 4) is 11.5 Å². The summed E-state index contributed by atoms with van der Waals surface area (Å²) in [6.07, 6.45) is 3.58. The Balaban J connectivity index is 2.06. The summed E-state index contributed by atoms with van der Waals surface area (Å²) in [5, 5.41) is 0. The zero-order valence-corrected chi connectivity index (χ0v) is 13.9. The maximum atomic E-state index is 5.88. The Morgan fingerprint density at radius 1 is 1.05 bits per heavy atom. The maximum Gasteiger partial charge on any atom is 0.141 e. The van der Waals surface area contributed by atoms with Gasteiger partial charge in [0.1, 0.15) is 11.5 Å². The van der Waals surface area contributed by atoms with Gasteiger partial charge in [-0.25, -0.2) is 0 Å². The van der Waals surface area contributed by atoms with Crippen molar-refractivity contribution in [2.24, 2.45) is 0 Å². The fourth-order valence-corrected chi connectivity index (χ4v) is 2.62. The van der Waals surface area contributed by atoms with Gasteiger partial charge in [-0.1, -0.05) is 31.5 Å². The number of hydrogen-bond donors (Lipinski definition) is 0. The van der Waals surface area contributed by atoms with Crippen LogP contribution in [-0.4, -0.2) is 0 Å². The first-order valence-electron chi connectivity index (χ1n) is 6.84. The van der Waals surface area contributed by atoms with Gasteiger partial charge in [0, 0.05) is 5.88 Å². The molecule has 0 spiro atoms. The molecule has 0 N–H and O–H groups in total. The van der Waals surface area contributed by atoms with Gasteiger partial charge in [-0.05, 0) is 64.2 Å². The van der Waals surface area contributed by atoms with Gasteiger partial charge in [-0.15, -0.1) is 11.6 Å². The molecule has 0 radical (unpaired) electrons. The molecule has 0 bridgehead atoms. The van der Waals surface area contributed by atoms with Crippen molar-refractivity contribution in [1.29, 1.82) is 0 Å². The number of rotatable bonds is 6. The molecule has 0 saturated carbocycles. The molecule has 2 rings (SSSR count). The lowest BCUT2D eigenvalue weighted by Gasteiger charge is -2.09. The molecule has 2 aromatic rings. The van der Waals surface area contributed by atoms with Crippen molar-refractivity contribution in [3.63, 3.8) is 0 Å². The van der Waals surface area contributed by atoms with Crippen LogP contribution >= 0.6 is 27.5 Å². The second-order valence-corrected chi connectivity index (χ2v) is 5.87. The Labute approximate surface area is 134 Å². The highest BCUT2D eigenvalue weighted by atomic mass is 79.9. The Bertz CT molecular complexity index is 551. The Hall–Kier alpha value is -0.990. The molecule has 1 nitrogen and oxygen atoms in total. The molecule has 0 aromatic heterocycles. The van der Waals surface area contributed by atoms with E-state index in [4.69, 9.17) is 16.3 Å². The van der Waals surface area contributed by atoms with E-state index in [9.17, 15) is 0 Å². The Kier molecular flexibility index (Phi) is 5.93. The summed E-state index contributed by atoms with van der Waals surface area (Å²) in [6, 6.07) is 14.2. The van der Waals surface area contributed by atoms with Gasteiger partial charge >= 0.3 is 0 Å². The van der Waals surface area contributed by atoms with Gasteiger partial charge in [0.05, 0.1) is 4.47 Å². The molecule has 3 heteroatoms. The molecule has 0 unspecified atom stereocenters. The Morgan fingerprint density at radius 2 is 1.75 bits per heavy atom. The number of benzene rings is 2. The lowest BCUT2D eigenvalue weighted by atomic mass is 10.1. The minimum Gasteiger partial charge on any atom is -0.456 e. The second kappa shape index (κ2) is 7.70. The molecular formula is C17H18BrClO. The van der Waals surface area contributed by atoms with Crippen molar-refractivity contribution in [2.45, 2.75) is 32.1 Å². The van der Waals surface area contributed by atoms with Gasteiger partial charge in [-0.3, -0.25) is 0 Å². The Morgan fingerprint density at radius 3 is 2.35 bits per heavy atom. The average Bonchev–Trinajstić information content (AvgIpc) is 2.48. The number of hydrogen-bond acceptors (Lipinski definition) is 1. The molecular weight excluding hydrogens is 336 g/mol. The summed E-state index contributed by atoms with van der Waals surface area (Å²) in [5.74, 6) is 2.16. The van der Waals surface area contributed by atoms with Crippen LogP contribution in [0.5, 0.6) is 11.5 Å². The van der Waals surface area contributed by atoms with E-state index >= 15 is 0 Å². The first kappa shape index (κ1) is 15.4. The fourth-order valence-electron chi connectivity index (χ4n) is 1.94. The first-order chi connectivity index (χ1) is 9.72. The minimum atomic E-state index is 0.505. The van der Waals surface area contributed by atoms with Gasteiger partial charge in [0.15, 0.2) is 0 Å². The number of alkyl halides is 1. The monoisotopic (exact) mass is 352 g/mol. The van der Waals surface area contributed by atoms with E-state index in [2.05, 4.69) is 35.0 Å². The lowest BCUT2D eigenvalue weighted by molar-refractivity contribution is 0.479. The summed E-state index contributed by atoms with van der Waals surface area (Å²) in [5.41, 5.74) is 2.43. The highest BCUT2D eigenvalue weighted by molar-refractivity contribution is 9.10. The second-order valence-electron chi connectivity index (χ2n) is 4.75. The van der Waals surface area contributed by atoms with Crippen LogP contribution in [0.1, 0.15) is 30.9 Å². The van der Waals surface area contributed by atoms with Crippen molar-refractivity contribution in [1.82, 2.24) is 0 Å². The average molecular weight is 354 g/mol. The van der Waals surface area contributed by atoms with E-state index < -0.39 is 0 Å². The molecule has 0 aliphatic rings. The largest absolute Gasteiger partial charge is 0.456 e. The van der Waals surface area contributed by atoms with Crippen LogP contribution in [0.25, 0.3) is 0 Å². The van der Waals surface area contributed by atoms with Crippen LogP contribution in [0, 0.1) is 0 Å². The lowest BCUT2D eigenvalue weighted by Crippen LogP contribution is -1.89. The van der Waals surface area contributed by atoms with E-state index in [1.807, 2.05) is 30.3 Å². The molecule has 106 valence electrons. The zero-order valence-electron chi connectivity index (χ0n) is 11.5. The quantitative estimate of drug-likeness (QED) is 0.552. The van der Waals surface area contributed by atoms with Gasteiger partial charge in [0.2, 0.25) is 0 Å². The standard InChI is InChI=1S/C17H18BrClO/c1-2-3-4-13-5-8-15(9-6-13)20-17-10-7-14(12-19)11-16(17)18/h5-11H,2-4,12H2,1H3. The smallest absolute Gasteiger partial charge is 0.141 e. The van der Waals surface area contributed by atoms with E-state index in [1.54, 1.807) is 0 Å². The minimum absolute atomic E-state index is 0.505. The van der Waals surface area contributed by atoms with Crippen LogP contribution in [0.3, 0.4) is 0 Å². The van der Waals surface area contributed by atoms with Crippen LogP contribution in [-0.2, 0) is 12.3 Å². The summed E-state index contributed by atoms with van der Waals surface area (Å²) in [7, 11) is 0. The van der Waals surface area contributed by atoms with Crippen LogP contribution in [0.4, 0.5) is 0 Å². The highest BCUT2D eigenvalue weighted by Gasteiger charge is 2.04. The zero-order chi connectivity index (χ0) is 14.4. The van der Waals surface area contributed by atoms with E-state index in [0.29, 0.717) is 5.88 Å². The summed E-state index contributed by atoms with van der Waals surface area (Å²) >= 11 is 9.32. The van der Waals surface area contributed by atoms with E-state index in [1.165, 1.54) is 18.4 Å². The molecule has 2 aromatic carbocycles. The molecule has 0 heterocycles. The molecule has 0 aliphatic heterocycles. The van der Waals surface area contributed by atoms with Crippen molar-refractivity contribution in [2.75, 3.05) is 0 Å². The highest BCUT2D eigenvalue weighted by Crippen LogP contribution is 2.31. The third-order valence-corrected chi connectivity index (χ3v) is 4.05. The number of ether oxygens (including phenoxy) is 1. The normalized spacial score (nSPS) is 10.6. The summed E-state index contributed by atoms with van der Waals surface area (Å²) in [6.45, 7) is 2.21. The third-order valence-electron chi connectivity index (χ3n) is 3.12. The molecule has 0 fully saturated rings. The first-order valence-corrected chi connectivity index (χ1v) is 8.17. The number of halogens is 2. The number of unbranched alkanes of at least 4 members (excludes halogenated alkanes) is 1. The van der Waals surface area contributed by atoms with Gasteiger partial charge in [-0.2, -0.15) is 0 Å². The molecule has 0 atom stereocenters. The maximum absolute atomic E-state index is 5.88. The van der Waals surface area contributed by atoms with Crippen LogP contribution < -0.4 is 4.74 Å². The van der Waals surface area contributed by atoms with Crippen molar-refractivity contribution >= 4 is 27.5 Å². The molecule has 20 heavy (non-hydrogen) atoms. The predicted octanol–water partition coefficient (Wildman–Crippen LogP) is 6.32. The summed E-state index contributed by atoms with van der Waals surface area (Å²) < 4.78 is 6.80. The number of aryl methyl sites for hydroxylation is 1. The van der Waals surface area contributed by atoms with Crippen LogP contribution in [0.15, 0.2) is 46.9 Å². The van der Waals surface area contributed by atoms with Crippen molar-refractivity contribution in [3.05, 3.63) is 58.1 Å². The van der Waals surface area contributed by atoms with Gasteiger partial charge in [0.25, 0.3) is 0 Å². The van der Waals surface area contributed by atoms with Gasteiger partial charge < -0.3 is 4.74 Å². The predicted molar refractivity (Wildman–Crippen MR) is 88.8 cm³/mol. The fraction of sp³-hybridized carbons (Fsp3) is 0.294. The summed E-state index contributed by atoms with van der Waals surface area (Å²) in [4.78, 5) is 0. The topological polar surface area (TPSA) is 9.23 Å². The van der Waals surface area contributed by atoms with Crippen molar-refractivity contribution < 1.29 is 4.74 Å². The van der Waals surface area contributed by atoms with E-state index in [0.717, 1.165) is 28.0 Å². The van der Waals surface area contributed by atoms with Crippen LogP contribution in [0.2, 0.25) is 0 Å².